The molecule has 2 aliphatic heterocycles. The molecule has 8 nitrogen and oxygen atoms in total. The minimum absolute atomic E-state index is 0.340. The summed E-state index contributed by atoms with van der Waals surface area (Å²) in [6, 6.07) is 9.19. The highest BCUT2D eigenvalue weighted by molar-refractivity contribution is 9.10. The molecule has 9 heteroatoms. The van der Waals surface area contributed by atoms with Gasteiger partial charge in [-0.05, 0) is 60.5 Å². The van der Waals surface area contributed by atoms with Crippen molar-refractivity contribution in [1.29, 1.82) is 0 Å². The molecule has 2 aromatic carbocycles. The number of rotatable bonds is 6. The van der Waals surface area contributed by atoms with Crippen LogP contribution < -0.4 is 20.1 Å². The number of nitrogens with zero attached hydrogens (tertiary/aromatic N) is 1. The zero-order valence-corrected chi connectivity index (χ0v) is 19.1. The summed E-state index contributed by atoms with van der Waals surface area (Å²) >= 11 is 3.53. The first-order valence-corrected chi connectivity index (χ1v) is 11.1. The molecule has 2 heterocycles. The number of hydrogen-bond donors (Lipinski definition) is 2. The van der Waals surface area contributed by atoms with Crippen LogP contribution in [0.3, 0.4) is 0 Å². The highest BCUT2D eigenvalue weighted by Gasteiger charge is 2.67. The Morgan fingerprint density at radius 1 is 1.19 bits per heavy atom. The first-order valence-electron chi connectivity index (χ1n) is 10.3. The van der Waals surface area contributed by atoms with Crippen molar-refractivity contribution in [2.24, 2.45) is 0 Å². The molecule has 2 aromatic rings. The summed E-state index contributed by atoms with van der Waals surface area (Å²) in [4.78, 5) is 25.2. The number of benzene rings is 2. The normalized spacial score (nSPS) is 26.6. The maximum Gasteiger partial charge on any atom is 0.256 e. The van der Waals surface area contributed by atoms with Crippen molar-refractivity contribution < 1.29 is 19.2 Å². The predicted molar refractivity (Wildman–Crippen MR) is 119 cm³/mol. The monoisotopic (exact) mass is 489 g/mol. The second kappa shape index (κ2) is 8.12. The summed E-state index contributed by atoms with van der Waals surface area (Å²) < 4.78 is 12.1. The van der Waals surface area contributed by atoms with Crippen LogP contribution >= 0.6 is 15.9 Å². The zero-order valence-electron chi connectivity index (χ0n) is 17.5. The van der Waals surface area contributed by atoms with E-state index in [0.29, 0.717) is 46.0 Å². The smallest absolute Gasteiger partial charge is 0.256 e. The van der Waals surface area contributed by atoms with Crippen molar-refractivity contribution >= 4 is 27.5 Å². The van der Waals surface area contributed by atoms with Crippen molar-refractivity contribution in [3.05, 3.63) is 62.1 Å². The van der Waals surface area contributed by atoms with Crippen LogP contribution in [-0.4, -0.2) is 36.1 Å². The van der Waals surface area contributed by atoms with Gasteiger partial charge in [-0.2, -0.15) is 0 Å². The van der Waals surface area contributed by atoms with Crippen LogP contribution in [0.5, 0.6) is 11.5 Å². The molecule has 0 aromatic heterocycles. The first-order chi connectivity index (χ1) is 14.8. The van der Waals surface area contributed by atoms with E-state index in [1.54, 1.807) is 30.3 Å². The van der Waals surface area contributed by atoms with E-state index in [0.717, 1.165) is 0 Å². The average Bonchev–Trinajstić information content (AvgIpc) is 3.19. The van der Waals surface area contributed by atoms with Gasteiger partial charge < -0.3 is 14.8 Å². The van der Waals surface area contributed by atoms with Crippen LogP contribution in [0.15, 0.2) is 40.9 Å². The van der Waals surface area contributed by atoms with Crippen LogP contribution in [0.25, 0.3) is 0 Å². The molecule has 164 valence electrons. The quantitative estimate of drug-likeness (QED) is 0.472. The molecular formula is C22H24BrN3O5. The Morgan fingerprint density at radius 3 is 2.58 bits per heavy atom. The molecule has 2 N–H and O–H groups in total. The van der Waals surface area contributed by atoms with Crippen molar-refractivity contribution in [3.8, 4) is 11.5 Å². The molecule has 2 aliphatic rings. The Morgan fingerprint density at radius 2 is 1.90 bits per heavy atom. The Bertz CT molecular complexity index is 1050. The molecule has 1 spiro atoms. The zero-order chi connectivity index (χ0) is 22.3. The van der Waals surface area contributed by atoms with E-state index < -0.39 is 23.4 Å². The summed E-state index contributed by atoms with van der Waals surface area (Å²) in [7, 11) is 0. The van der Waals surface area contributed by atoms with E-state index in [-0.39, 0.29) is 11.0 Å². The minimum Gasteiger partial charge on any atom is -0.490 e. The molecule has 0 unspecified atom stereocenters. The number of ether oxygens (including phenoxy) is 2. The van der Waals surface area contributed by atoms with Crippen LogP contribution in [0.2, 0.25) is 0 Å². The van der Waals surface area contributed by atoms with Gasteiger partial charge in [-0.15, -0.1) is 0 Å². The van der Waals surface area contributed by atoms with Crippen molar-refractivity contribution in [2.75, 3.05) is 18.5 Å². The summed E-state index contributed by atoms with van der Waals surface area (Å²) in [5.74, 6) is 0.0983. The lowest BCUT2D eigenvalue weighted by atomic mass is 9.78. The van der Waals surface area contributed by atoms with E-state index in [2.05, 4.69) is 26.6 Å². The fourth-order valence-corrected chi connectivity index (χ4v) is 5.46. The number of hydrogen-bond acceptors (Lipinski definition) is 6. The number of para-hydroxylation sites is 1. The second-order valence-electron chi connectivity index (χ2n) is 7.69. The lowest BCUT2D eigenvalue weighted by Crippen LogP contribution is -2.54. The van der Waals surface area contributed by atoms with Gasteiger partial charge in [0, 0.05) is 22.2 Å². The Hall–Kier alpha value is -2.65. The Labute approximate surface area is 188 Å². The third kappa shape index (κ3) is 3.27. The SMILES string of the molecule is CCOc1cc([C@@H]2[C@H](C)N[C@@]3(C(=O)Nc4ccccc43)[C@H]2[N+](=O)[O-])cc(Br)c1OCC. The van der Waals surface area contributed by atoms with Crippen LogP contribution in [-0.2, 0) is 10.3 Å². The molecule has 0 aliphatic carbocycles. The number of carbonyl (C=O) groups is 1. The van der Waals surface area contributed by atoms with Gasteiger partial charge >= 0.3 is 0 Å². The van der Waals surface area contributed by atoms with Gasteiger partial charge in [0.1, 0.15) is 0 Å². The molecule has 0 bridgehead atoms. The Balaban J connectivity index is 1.87. The lowest BCUT2D eigenvalue weighted by molar-refractivity contribution is -0.532. The van der Waals surface area contributed by atoms with E-state index in [1.165, 1.54) is 0 Å². The van der Waals surface area contributed by atoms with Gasteiger partial charge in [0.15, 0.2) is 17.0 Å². The molecule has 4 rings (SSSR count). The van der Waals surface area contributed by atoms with Gasteiger partial charge in [0.05, 0.1) is 23.6 Å². The predicted octanol–water partition coefficient (Wildman–Crippen LogP) is 3.81. The maximum atomic E-state index is 13.1. The summed E-state index contributed by atoms with van der Waals surface area (Å²) in [5.41, 5.74) is 0.462. The standard InChI is InChI=1S/C22H24BrN3O5/c1-4-30-17-11-13(10-15(23)19(17)31-5-2)18-12(3)25-22(20(18)26(28)29)14-8-6-7-9-16(14)24-21(22)27/h6-12,18,20,25H,4-5H2,1-3H3,(H,24,27)/t12-,18-,20-,22+/m0/s1. The van der Waals surface area contributed by atoms with Gasteiger partial charge in [-0.1, -0.05) is 18.2 Å². The van der Waals surface area contributed by atoms with Crippen LogP contribution in [0.4, 0.5) is 5.69 Å². The highest BCUT2D eigenvalue weighted by atomic mass is 79.9. The minimum atomic E-state index is -1.44. The third-order valence-corrected chi connectivity index (χ3v) is 6.56. The molecule has 0 saturated carbocycles. The largest absolute Gasteiger partial charge is 0.490 e. The van der Waals surface area contributed by atoms with Crippen LogP contribution in [0.1, 0.15) is 37.8 Å². The van der Waals surface area contributed by atoms with Gasteiger partial charge in [-0.25, -0.2) is 0 Å². The number of amides is 1. The van der Waals surface area contributed by atoms with E-state index in [9.17, 15) is 14.9 Å². The number of fused-ring (bicyclic) bond motifs is 2. The summed E-state index contributed by atoms with van der Waals surface area (Å²) in [5, 5.41) is 18.5. The number of nitrogens with one attached hydrogen (secondary N) is 2. The molecule has 1 amide bonds. The fourth-order valence-electron chi connectivity index (χ4n) is 4.88. The van der Waals surface area contributed by atoms with E-state index >= 15 is 0 Å². The summed E-state index contributed by atoms with van der Waals surface area (Å²) in [6.45, 7) is 6.49. The van der Waals surface area contributed by atoms with Crippen molar-refractivity contribution in [1.82, 2.24) is 5.32 Å². The fraction of sp³-hybridized carbons (Fsp3) is 0.409. The number of anilines is 1. The van der Waals surface area contributed by atoms with E-state index in [4.69, 9.17) is 9.47 Å². The molecule has 1 fully saturated rings. The summed E-state index contributed by atoms with van der Waals surface area (Å²) in [6.07, 6.45) is 0. The van der Waals surface area contributed by atoms with Gasteiger partial charge in [0.2, 0.25) is 0 Å². The van der Waals surface area contributed by atoms with Crippen molar-refractivity contribution in [3.63, 3.8) is 0 Å². The van der Waals surface area contributed by atoms with E-state index in [1.807, 2.05) is 26.8 Å². The van der Waals surface area contributed by atoms with Crippen molar-refractivity contribution in [2.45, 2.75) is 44.3 Å². The molecule has 0 radical (unpaired) electrons. The maximum absolute atomic E-state index is 13.1. The molecular weight excluding hydrogens is 466 g/mol. The Kier molecular flexibility index (Phi) is 5.65. The highest BCUT2D eigenvalue weighted by Crippen LogP contribution is 2.51. The lowest BCUT2D eigenvalue weighted by Gasteiger charge is -2.25. The molecule has 1 saturated heterocycles. The first kappa shape index (κ1) is 21.6. The number of halogens is 1. The van der Waals surface area contributed by atoms with Crippen LogP contribution in [0, 0.1) is 10.1 Å². The molecule has 31 heavy (non-hydrogen) atoms. The topological polar surface area (TPSA) is 103 Å². The average molecular weight is 490 g/mol. The molecule has 4 atom stereocenters. The number of nitro groups is 1. The number of carbonyl (C=O) groups excluding carboxylic acids is 1. The van der Waals surface area contributed by atoms with Gasteiger partial charge in [-0.3, -0.25) is 20.2 Å². The third-order valence-electron chi connectivity index (χ3n) is 5.97. The van der Waals surface area contributed by atoms with Gasteiger partial charge in [0.25, 0.3) is 11.9 Å². The second-order valence-corrected chi connectivity index (χ2v) is 8.55.